The summed E-state index contributed by atoms with van der Waals surface area (Å²) in [5.41, 5.74) is 1.54. The summed E-state index contributed by atoms with van der Waals surface area (Å²) in [6.45, 7) is 4.57. The van der Waals surface area contributed by atoms with Crippen LogP contribution < -0.4 is 15.0 Å². The summed E-state index contributed by atoms with van der Waals surface area (Å²) in [4.78, 5) is 12.8. The molecule has 0 unspecified atom stereocenters. The second-order valence-corrected chi connectivity index (χ2v) is 6.33. The first-order valence-corrected chi connectivity index (χ1v) is 8.77. The third-order valence-electron chi connectivity index (χ3n) is 4.38. The van der Waals surface area contributed by atoms with E-state index in [1.807, 2.05) is 24.3 Å². The Morgan fingerprint density at radius 3 is 2.59 bits per heavy atom. The zero-order valence-electron chi connectivity index (χ0n) is 15.3. The third kappa shape index (κ3) is 4.28. The molecule has 1 fully saturated rings. The number of benzene rings is 2. The molecular formula is C19H22FN3O4. The van der Waals surface area contributed by atoms with E-state index in [0.717, 1.165) is 37.9 Å². The maximum absolute atomic E-state index is 13.8. The summed E-state index contributed by atoms with van der Waals surface area (Å²) in [5, 5.41) is 14.2. The molecule has 1 heterocycles. The van der Waals surface area contributed by atoms with E-state index in [9.17, 15) is 14.5 Å². The summed E-state index contributed by atoms with van der Waals surface area (Å²) < 4.78 is 24.4. The molecule has 1 aliphatic rings. The maximum atomic E-state index is 13.8. The normalized spacial score (nSPS) is 14.0. The Labute approximate surface area is 156 Å². The lowest BCUT2D eigenvalue weighted by atomic mass is 10.1. The van der Waals surface area contributed by atoms with Crippen LogP contribution in [0, 0.1) is 15.9 Å². The zero-order chi connectivity index (χ0) is 19.4. The lowest BCUT2D eigenvalue weighted by Crippen LogP contribution is -2.52. The van der Waals surface area contributed by atoms with Crippen LogP contribution in [0.25, 0.3) is 0 Å². The van der Waals surface area contributed by atoms with Gasteiger partial charge in [0.25, 0.3) is 5.69 Å². The van der Waals surface area contributed by atoms with Crippen LogP contribution in [-0.4, -0.2) is 37.8 Å². The molecule has 1 N–H and O–H groups in total. The van der Waals surface area contributed by atoms with Crippen LogP contribution in [0.1, 0.15) is 13.3 Å². The highest BCUT2D eigenvalue weighted by atomic mass is 19.1. The van der Waals surface area contributed by atoms with Gasteiger partial charge in [0.05, 0.1) is 24.2 Å². The molecule has 8 heteroatoms. The molecule has 2 aromatic carbocycles. The fourth-order valence-corrected chi connectivity index (χ4v) is 2.90. The number of nitrogens with zero attached hydrogens (tertiary/aromatic N) is 2. The number of ether oxygens (including phenoxy) is 2. The van der Waals surface area contributed by atoms with E-state index in [1.165, 1.54) is 13.2 Å². The first kappa shape index (κ1) is 18.9. The van der Waals surface area contributed by atoms with Crippen molar-refractivity contribution >= 4 is 22.7 Å². The molecule has 144 valence electrons. The largest absolute Gasteiger partial charge is 0.494 e. The quantitative estimate of drug-likeness (QED) is 0.553. The number of anilines is 3. The minimum atomic E-state index is -0.775. The lowest BCUT2D eigenvalue weighted by Gasteiger charge is -2.40. The van der Waals surface area contributed by atoms with Gasteiger partial charge in [-0.05, 0) is 30.7 Å². The number of methoxy groups -OCH3 is 1. The second kappa shape index (κ2) is 8.22. The Hall–Kier alpha value is -2.87. The van der Waals surface area contributed by atoms with Gasteiger partial charge >= 0.3 is 0 Å². The summed E-state index contributed by atoms with van der Waals surface area (Å²) in [6, 6.07) is 9.67. The first-order valence-electron chi connectivity index (χ1n) is 8.77. The van der Waals surface area contributed by atoms with Crippen molar-refractivity contribution in [3.8, 4) is 5.75 Å². The van der Waals surface area contributed by atoms with Gasteiger partial charge in [0.1, 0.15) is 5.69 Å². The monoisotopic (exact) mass is 375 g/mol. The molecule has 1 aliphatic heterocycles. The van der Waals surface area contributed by atoms with Crippen LogP contribution >= 0.6 is 0 Å². The number of hydrogen-bond acceptors (Lipinski definition) is 6. The molecule has 0 saturated carbocycles. The van der Waals surface area contributed by atoms with E-state index >= 15 is 0 Å². The van der Waals surface area contributed by atoms with Gasteiger partial charge < -0.3 is 19.7 Å². The number of hydrogen-bond donors (Lipinski definition) is 1. The van der Waals surface area contributed by atoms with Gasteiger partial charge in [-0.3, -0.25) is 10.1 Å². The molecule has 2 aromatic rings. The van der Waals surface area contributed by atoms with Crippen molar-refractivity contribution in [2.75, 3.05) is 37.0 Å². The molecule has 0 bridgehead atoms. The van der Waals surface area contributed by atoms with Crippen LogP contribution in [0.15, 0.2) is 36.4 Å². The van der Waals surface area contributed by atoms with Crippen LogP contribution in [0.4, 0.5) is 27.1 Å². The average Bonchev–Trinajstić information content (AvgIpc) is 2.62. The standard InChI is InChI=1S/C19H22FN3O4/c1-3-8-27-15-11-22(12-15)14-6-4-13(5-7-14)21-17-10-19(26-2)16(20)9-18(17)23(24)25/h4-7,9-10,15,21H,3,8,11-12H2,1-2H3. The van der Waals surface area contributed by atoms with Gasteiger partial charge in [-0.25, -0.2) is 4.39 Å². The average molecular weight is 375 g/mol. The third-order valence-corrected chi connectivity index (χ3v) is 4.38. The van der Waals surface area contributed by atoms with Gasteiger partial charge in [0.15, 0.2) is 11.6 Å². The van der Waals surface area contributed by atoms with E-state index in [1.54, 1.807) is 0 Å². The SMILES string of the molecule is CCCOC1CN(c2ccc(Nc3cc(OC)c(F)cc3[N+](=O)[O-])cc2)C1. The molecule has 7 nitrogen and oxygen atoms in total. The highest BCUT2D eigenvalue weighted by Crippen LogP contribution is 2.34. The smallest absolute Gasteiger partial charge is 0.295 e. The Morgan fingerprint density at radius 2 is 2.00 bits per heavy atom. The molecular weight excluding hydrogens is 353 g/mol. The van der Waals surface area contributed by atoms with Crippen LogP contribution in [-0.2, 0) is 4.74 Å². The Morgan fingerprint density at radius 1 is 1.30 bits per heavy atom. The van der Waals surface area contributed by atoms with Crippen molar-refractivity contribution in [3.05, 3.63) is 52.3 Å². The lowest BCUT2D eigenvalue weighted by molar-refractivity contribution is -0.384. The summed E-state index contributed by atoms with van der Waals surface area (Å²) >= 11 is 0. The van der Waals surface area contributed by atoms with Gasteiger partial charge in [-0.15, -0.1) is 0 Å². The highest BCUT2D eigenvalue weighted by molar-refractivity contribution is 5.72. The predicted octanol–water partition coefficient (Wildman–Crippen LogP) is 4.10. The molecule has 0 atom stereocenters. The fourth-order valence-electron chi connectivity index (χ4n) is 2.90. The van der Waals surface area contributed by atoms with Crippen molar-refractivity contribution in [2.24, 2.45) is 0 Å². The molecule has 0 aromatic heterocycles. The van der Waals surface area contributed by atoms with E-state index in [4.69, 9.17) is 9.47 Å². The van der Waals surface area contributed by atoms with Gasteiger partial charge in [0.2, 0.25) is 0 Å². The number of nitro groups is 1. The van der Waals surface area contributed by atoms with Crippen LogP contribution in [0.3, 0.4) is 0 Å². The van der Waals surface area contributed by atoms with Crippen LogP contribution in [0.2, 0.25) is 0 Å². The molecule has 3 rings (SSSR count). The minimum absolute atomic E-state index is 0.0570. The van der Waals surface area contributed by atoms with Crippen LogP contribution in [0.5, 0.6) is 5.75 Å². The summed E-state index contributed by atoms with van der Waals surface area (Å²) in [5.74, 6) is -0.832. The Balaban J connectivity index is 1.69. The van der Waals surface area contributed by atoms with E-state index in [2.05, 4.69) is 17.1 Å². The van der Waals surface area contributed by atoms with Gasteiger partial charge in [-0.2, -0.15) is 0 Å². The van der Waals surface area contributed by atoms with Gasteiger partial charge in [0, 0.05) is 37.1 Å². The summed E-state index contributed by atoms with van der Waals surface area (Å²) in [7, 11) is 1.31. The molecule has 0 spiro atoms. The fraction of sp³-hybridized carbons (Fsp3) is 0.368. The van der Waals surface area contributed by atoms with Crippen molar-refractivity contribution in [1.29, 1.82) is 0 Å². The van der Waals surface area contributed by atoms with E-state index in [0.29, 0.717) is 5.69 Å². The van der Waals surface area contributed by atoms with E-state index in [-0.39, 0.29) is 23.2 Å². The van der Waals surface area contributed by atoms with E-state index < -0.39 is 10.7 Å². The molecule has 0 radical (unpaired) electrons. The molecule has 0 amide bonds. The number of nitro benzene ring substituents is 1. The first-order chi connectivity index (χ1) is 13.0. The van der Waals surface area contributed by atoms with Crippen molar-refractivity contribution < 1.29 is 18.8 Å². The van der Waals surface area contributed by atoms with Crippen molar-refractivity contribution in [1.82, 2.24) is 0 Å². The summed E-state index contributed by atoms with van der Waals surface area (Å²) in [6.07, 6.45) is 1.29. The molecule has 1 saturated heterocycles. The number of halogens is 1. The predicted molar refractivity (Wildman–Crippen MR) is 102 cm³/mol. The van der Waals surface area contributed by atoms with Crippen molar-refractivity contribution in [2.45, 2.75) is 19.4 Å². The maximum Gasteiger partial charge on any atom is 0.295 e. The van der Waals surface area contributed by atoms with Gasteiger partial charge in [-0.1, -0.05) is 6.92 Å². The number of nitrogens with one attached hydrogen (secondary N) is 1. The Kier molecular flexibility index (Phi) is 5.75. The topological polar surface area (TPSA) is 76.9 Å². The highest BCUT2D eigenvalue weighted by Gasteiger charge is 2.27. The molecule has 27 heavy (non-hydrogen) atoms. The number of rotatable bonds is 8. The second-order valence-electron chi connectivity index (χ2n) is 6.33. The minimum Gasteiger partial charge on any atom is -0.494 e. The van der Waals surface area contributed by atoms with Crippen molar-refractivity contribution in [3.63, 3.8) is 0 Å². The molecule has 0 aliphatic carbocycles. The zero-order valence-corrected chi connectivity index (χ0v) is 15.3. The Bertz CT molecular complexity index is 807.